The summed E-state index contributed by atoms with van der Waals surface area (Å²) in [6.45, 7) is 0. The molecule has 2 aromatic carbocycles. The number of alkyl halides is 6. The van der Waals surface area contributed by atoms with E-state index >= 15 is 0 Å². The lowest BCUT2D eigenvalue weighted by molar-refractivity contribution is -0.112. The second kappa shape index (κ2) is 8.96. The van der Waals surface area contributed by atoms with E-state index in [1.807, 2.05) is 0 Å². The molecule has 2 aromatic rings. The van der Waals surface area contributed by atoms with Crippen LogP contribution in [0.5, 0.6) is 23.0 Å². The summed E-state index contributed by atoms with van der Waals surface area (Å²) < 4.78 is 93.6. The van der Waals surface area contributed by atoms with Gasteiger partial charge in [0.05, 0.1) is 25.4 Å². The highest BCUT2D eigenvalue weighted by Crippen LogP contribution is 2.48. The van der Waals surface area contributed by atoms with E-state index in [1.165, 1.54) is 0 Å². The summed E-state index contributed by atoms with van der Waals surface area (Å²) in [7, 11) is 2.23. The molecule has 0 atom stereocenters. The molecule has 34 heavy (non-hydrogen) atoms. The molecule has 11 heteroatoms. The fraction of sp³-hybridized carbons (Fsp3) is 0.261. The first-order chi connectivity index (χ1) is 15.8. The first-order valence-electron chi connectivity index (χ1n) is 9.69. The number of benzene rings is 2. The van der Waals surface area contributed by atoms with Gasteiger partial charge in [0.25, 0.3) is 0 Å². The summed E-state index contributed by atoms with van der Waals surface area (Å²) in [5, 5.41) is 19.4. The molecule has 5 nitrogen and oxygen atoms in total. The first-order valence-corrected chi connectivity index (χ1v) is 9.69. The average Bonchev–Trinajstić information content (AvgIpc) is 3.09. The Morgan fingerprint density at radius 3 is 1.38 bits per heavy atom. The van der Waals surface area contributed by atoms with Gasteiger partial charge in [0.1, 0.15) is 0 Å². The van der Waals surface area contributed by atoms with Crippen LogP contribution >= 0.6 is 0 Å². The molecule has 1 fully saturated rings. The molecule has 0 radical (unpaired) electrons. The second-order valence-corrected chi connectivity index (χ2v) is 7.31. The topological polar surface area (TPSA) is 76.0 Å². The highest BCUT2D eigenvalue weighted by molar-refractivity contribution is 6.19. The van der Waals surface area contributed by atoms with Crippen LogP contribution in [0.4, 0.5) is 26.3 Å². The number of methoxy groups -OCH3 is 2. The third-order valence-electron chi connectivity index (χ3n) is 5.28. The molecule has 1 saturated carbocycles. The van der Waals surface area contributed by atoms with Crippen molar-refractivity contribution in [2.75, 3.05) is 14.2 Å². The van der Waals surface area contributed by atoms with E-state index in [0.29, 0.717) is 0 Å². The van der Waals surface area contributed by atoms with Gasteiger partial charge in [-0.2, -0.15) is 26.3 Å². The fourth-order valence-corrected chi connectivity index (χ4v) is 3.82. The van der Waals surface area contributed by atoms with Crippen molar-refractivity contribution < 1.29 is 50.8 Å². The number of hydrogen-bond donors (Lipinski definition) is 2. The zero-order valence-electron chi connectivity index (χ0n) is 17.8. The van der Waals surface area contributed by atoms with Gasteiger partial charge in [-0.15, -0.1) is 0 Å². The van der Waals surface area contributed by atoms with Gasteiger partial charge in [-0.1, -0.05) is 12.1 Å². The molecule has 0 aliphatic heterocycles. The van der Waals surface area contributed by atoms with Crippen LogP contribution < -0.4 is 9.47 Å². The average molecular weight is 488 g/mol. The van der Waals surface area contributed by atoms with Crippen LogP contribution in [0, 0.1) is 0 Å². The molecular formula is C23H18F6O5. The Hall–Kier alpha value is -3.63. The van der Waals surface area contributed by atoms with Gasteiger partial charge in [0.2, 0.25) is 0 Å². The molecule has 0 unspecified atom stereocenters. The van der Waals surface area contributed by atoms with E-state index in [-0.39, 0.29) is 11.5 Å². The van der Waals surface area contributed by atoms with Crippen LogP contribution in [0.15, 0.2) is 47.5 Å². The third kappa shape index (κ3) is 4.68. The summed E-state index contributed by atoms with van der Waals surface area (Å²) in [5.41, 5.74) is -5.55. The minimum absolute atomic E-state index is 0.298. The van der Waals surface area contributed by atoms with Gasteiger partial charge >= 0.3 is 12.4 Å². The van der Waals surface area contributed by atoms with E-state index in [0.717, 1.165) is 50.6 Å². The van der Waals surface area contributed by atoms with Crippen molar-refractivity contribution >= 4 is 16.9 Å². The molecule has 1 aliphatic carbocycles. The summed E-state index contributed by atoms with van der Waals surface area (Å²) >= 11 is 0. The van der Waals surface area contributed by atoms with Gasteiger partial charge < -0.3 is 19.7 Å². The lowest BCUT2D eigenvalue weighted by Crippen LogP contribution is -2.18. The fourth-order valence-electron chi connectivity index (χ4n) is 3.82. The smallest absolute Gasteiger partial charge is 0.417 e. The van der Waals surface area contributed by atoms with E-state index < -0.39 is 75.9 Å². The summed E-state index contributed by atoms with van der Waals surface area (Å²) in [5.74, 6) is -2.88. The largest absolute Gasteiger partial charge is 0.504 e. The normalized spacial score (nSPS) is 17.6. The number of ketones is 1. The van der Waals surface area contributed by atoms with Gasteiger partial charge in [0, 0.05) is 11.1 Å². The minimum Gasteiger partial charge on any atom is -0.504 e. The molecule has 0 saturated heterocycles. The molecule has 2 N–H and O–H groups in total. The Morgan fingerprint density at radius 2 is 1.09 bits per heavy atom. The number of Topliss-reactive ketones (excluding diaryl/α,β-unsaturated/α-hetero) is 1. The lowest BCUT2D eigenvalue weighted by Gasteiger charge is -2.17. The molecule has 0 heterocycles. The Balaban J connectivity index is 2.26. The van der Waals surface area contributed by atoms with E-state index in [4.69, 9.17) is 9.47 Å². The number of phenolic OH excluding ortho intramolecular Hbond substituents is 2. The van der Waals surface area contributed by atoms with E-state index in [2.05, 4.69) is 0 Å². The zero-order chi connectivity index (χ0) is 25.4. The molecule has 0 aromatic heterocycles. The maximum absolute atomic E-state index is 14.0. The third-order valence-corrected chi connectivity index (χ3v) is 5.28. The zero-order valence-corrected chi connectivity index (χ0v) is 17.8. The van der Waals surface area contributed by atoms with Crippen molar-refractivity contribution in [2.45, 2.75) is 25.2 Å². The summed E-state index contributed by atoms with van der Waals surface area (Å²) in [4.78, 5) is 13.0. The number of phenols is 2. The van der Waals surface area contributed by atoms with E-state index in [9.17, 15) is 41.4 Å². The SMILES string of the molecule is COc1cc(/C(=C2\CC/C(=C(\c3ccc(O)c(OC)c3)C(F)(F)F)C2=O)C(F)(F)F)ccc1O. The monoisotopic (exact) mass is 488 g/mol. The molecule has 0 amide bonds. The predicted molar refractivity (Wildman–Crippen MR) is 110 cm³/mol. The summed E-state index contributed by atoms with van der Waals surface area (Å²) in [6, 6.07) is 5.38. The minimum atomic E-state index is -5.08. The van der Waals surface area contributed by atoms with Gasteiger partial charge in [-0.3, -0.25) is 4.79 Å². The van der Waals surface area contributed by atoms with Crippen molar-refractivity contribution in [3.8, 4) is 23.0 Å². The maximum atomic E-state index is 14.0. The van der Waals surface area contributed by atoms with Gasteiger partial charge in [-0.25, -0.2) is 0 Å². The van der Waals surface area contributed by atoms with Crippen molar-refractivity contribution in [2.24, 2.45) is 0 Å². The molecule has 182 valence electrons. The van der Waals surface area contributed by atoms with Crippen molar-refractivity contribution in [3.63, 3.8) is 0 Å². The molecule has 3 rings (SSSR count). The highest BCUT2D eigenvalue weighted by Gasteiger charge is 2.45. The van der Waals surface area contributed by atoms with Crippen LogP contribution in [0.3, 0.4) is 0 Å². The Kier molecular flexibility index (Phi) is 6.59. The molecule has 0 bridgehead atoms. The molecular weight excluding hydrogens is 470 g/mol. The second-order valence-electron chi connectivity index (χ2n) is 7.31. The van der Waals surface area contributed by atoms with Gasteiger partial charge in [0.15, 0.2) is 28.8 Å². The number of carbonyl (C=O) groups excluding carboxylic acids is 1. The van der Waals surface area contributed by atoms with Crippen molar-refractivity contribution in [1.29, 1.82) is 0 Å². The van der Waals surface area contributed by atoms with Crippen LogP contribution in [-0.2, 0) is 4.79 Å². The Bertz CT molecular complexity index is 1100. The van der Waals surface area contributed by atoms with Crippen LogP contribution in [0.25, 0.3) is 11.1 Å². The van der Waals surface area contributed by atoms with Crippen LogP contribution in [0.1, 0.15) is 24.0 Å². The quantitative estimate of drug-likeness (QED) is 0.420. The van der Waals surface area contributed by atoms with Gasteiger partial charge in [-0.05, 0) is 48.2 Å². The van der Waals surface area contributed by atoms with Crippen molar-refractivity contribution in [1.82, 2.24) is 0 Å². The highest BCUT2D eigenvalue weighted by atomic mass is 19.4. The number of carbonyl (C=O) groups is 1. The molecule has 0 spiro atoms. The van der Waals surface area contributed by atoms with E-state index in [1.54, 1.807) is 0 Å². The Morgan fingerprint density at radius 1 is 0.735 bits per heavy atom. The van der Waals surface area contributed by atoms with Crippen LogP contribution in [0.2, 0.25) is 0 Å². The summed E-state index contributed by atoms with van der Waals surface area (Å²) in [6.07, 6.45) is -11.3. The standard InChI is InChI=1S/C23H18F6O5/c1-33-17-9-11(3-7-15(17)30)19(22(24,25)26)13-5-6-14(21(13)32)20(23(27,28)29)12-4-8-16(31)18(10-12)34-2/h3-4,7-10,30-31H,5-6H2,1-2H3/b19-13-,20-14-. The van der Waals surface area contributed by atoms with Crippen molar-refractivity contribution in [3.05, 3.63) is 58.7 Å². The first kappa shape index (κ1) is 25.0. The Labute approximate surface area is 189 Å². The number of rotatable bonds is 4. The number of aromatic hydroxyl groups is 2. The lowest BCUT2D eigenvalue weighted by atomic mass is 9.94. The van der Waals surface area contributed by atoms with Crippen LogP contribution in [-0.4, -0.2) is 42.6 Å². The number of allylic oxidation sites excluding steroid dienone is 4. The predicted octanol–water partition coefficient (Wildman–Crippen LogP) is 5.81. The number of hydrogen-bond acceptors (Lipinski definition) is 5. The molecule has 1 aliphatic rings. The number of halogens is 6. The number of ether oxygens (including phenoxy) is 2. The maximum Gasteiger partial charge on any atom is 0.417 e.